The van der Waals surface area contributed by atoms with E-state index in [-0.39, 0.29) is 11.8 Å². The number of furan rings is 1. The summed E-state index contributed by atoms with van der Waals surface area (Å²) in [4.78, 5) is 14.1. The first-order valence-electron chi connectivity index (χ1n) is 5.70. The van der Waals surface area contributed by atoms with Crippen molar-refractivity contribution in [3.63, 3.8) is 0 Å². The summed E-state index contributed by atoms with van der Waals surface area (Å²) in [7, 11) is 0. The second-order valence-corrected chi connectivity index (χ2v) is 5.28. The minimum absolute atomic E-state index is 0.0261. The van der Waals surface area contributed by atoms with Crippen molar-refractivity contribution in [2.75, 3.05) is 4.90 Å². The van der Waals surface area contributed by atoms with E-state index in [1.807, 2.05) is 16.3 Å². The van der Waals surface area contributed by atoms with Crippen molar-refractivity contribution < 1.29 is 14.3 Å². The van der Waals surface area contributed by atoms with E-state index in [0.29, 0.717) is 5.88 Å². The van der Waals surface area contributed by atoms with Gasteiger partial charge in [-0.25, -0.2) is 4.79 Å². The molecule has 0 saturated carbocycles. The molecule has 0 fully saturated rings. The zero-order valence-corrected chi connectivity index (χ0v) is 11.1. The number of hydrogen-bond acceptors (Lipinski definition) is 4. The summed E-state index contributed by atoms with van der Waals surface area (Å²) in [6.07, 6.45) is 0. The third kappa shape index (κ3) is 2.73. The number of rotatable bonds is 5. The van der Waals surface area contributed by atoms with Crippen LogP contribution in [-0.4, -0.2) is 17.1 Å². The van der Waals surface area contributed by atoms with Gasteiger partial charge >= 0.3 is 5.97 Å². The first-order chi connectivity index (χ1) is 8.58. The molecule has 0 bridgehead atoms. The molecule has 0 atom stereocenters. The van der Waals surface area contributed by atoms with Crippen LogP contribution in [0.1, 0.15) is 29.3 Å². The largest absolute Gasteiger partial charge is 0.475 e. The fourth-order valence-electron chi connectivity index (χ4n) is 1.68. The van der Waals surface area contributed by atoms with E-state index < -0.39 is 5.97 Å². The van der Waals surface area contributed by atoms with Crippen molar-refractivity contribution in [2.45, 2.75) is 26.4 Å². The van der Waals surface area contributed by atoms with Crippen molar-refractivity contribution in [2.24, 2.45) is 0 Å². The average Bonchev–Trinajstić information content (AvgIpc) is 2.96. The maximum atomic E-state index is 10.8. The Balaban J connectivity index is 2.21. The Labute approximate surface area is 109 Å². The predicted molar refractivity (Wildman–Crippen MR) is 71.3 cm³/mol. The molecule has 96 valence electrons. The Morgan fingerprint density at radius 2 is 2.22 bits per heavy atom. The van der Waals surface area contributed by atoms with Gasteiger partial charge in [-0.1, -0.05) is 6.07 Å². The highest BCUT2D eigenvalue weighted by atomic mass is 32.1. The molecule has 0 amide bonds. The van der Waals surface area contributed by atoms with Crippen molar-refractivity contribution >= 4 is 23.2 Å². The fourth-order valence-corrected chi connectivity index (χ4v) is 2.39. The molecule has 0 spiro atoms. The summed E-state index contributed by atoms with van der Waals surface area (Å²) < 4.78 is 5.35. The average molecular weight is 265 g/mol. The van der Waals surface area contributed by atoms with Gasteiger partial charge in [0.05, 0.1) is 6.54 Å². The molecule has 18 heavy (non-hydrogen) atoms. The van der Waals surface area contributed by atoms with E-state index in [1.54, 1.807) is 17.4 Å². The number of hydrogen-bond donors (Lipinski definition) is 1. The van der Waals surface area contributed by atoms with E-state index in [2.05, 4.69) is 19.9 Å². The smallest absolute Gasteiger partial charge is 0.371 e. The number of nitrogens with zero attached hydrogens (tertiary/aromatic N) is 1. The van der Waals surface area contributed by atoms with Gasteiger partial charge in [-0.3, -0.25) is 0 Å². The highest BCUT2D eigenvalue weighted by Crippen LogP contribution is 2.24. The summed E-state index contributed by atoms with van der Waals surface area (Å²) >= 11 is 1.68. The van der Waals surface area contributed by atoms with Crippen LogP contribution < -0.4 is 4.90 Å². The first kappa shape index (κ1) is 12.7. The molecule has 2 aromatic rings. The second-order valence-electron chi connectivity index (χ2n) is 4.24. The number of anilines is 1. The molecule has 0 aliphatic rings. The van der Waals surface area contributed by atoms with Gasteiger partial charge in [-0.15, -0.1) is 11.3 Å². The third-order valence-corrected chi connectivity index (χ3v) is 3.48. The summed E-state index contributed by atoms with van der Waals surface area (Å²) in [5.74, 6) is -0.473. The molecule has 0 aromatic carbocycles. The lowest BCUT2D eigenvalue weighted by Crippen LogP contribution is -2.29. The van der Waals surface area contributed by atoms with Crippen LogP contribution in [0.2, 0.25) is 0 Å². The molecule has 4 nitrogen and oxygen atoms in total. The van der Waals surface area contributed by atoms with Crippen molar-refractivity contribution in [1.82, 2.24) is 0 Å². The van der Waals surface area contributed by atoms with E-state index in [1.165, 1.54) is 10.9 Å². The normalized spacial score (nSPS) is 10.8. The van der Waals surface area contributed by atoms with Crippen molar-refractivity contribution in [3.05, 3.63) is 40.3 Å². The van der Waals surface area contributed by atoms with Crippen LogP contribution in [0.4, 0.5) is 5.88 Å². The van der Waals surface area contributed by atoms with E-state index in [0.717, 1.165) is 6.54 Å². The molecule has 0 radical (unpaired) electrons. The molecular formula is C13H15NO3S. The molecule has 0 saturated heterocycles. The third-order valence-electron chi connectivity index (χ3n) is 2.62. The lowest BCUT2D eigenvalue weighted by atomic mass is 10.3. The van der Waals surface area contributed by atoms with Crippen LogP contribution in [0.5, 0.6) is 0 Å². The molecule has 0 aliphatic carbocycles. The first-order valence-corrected chi connectivity index (χ1v) is 6.58. The Kier molecular flexibility index (Phi) is 3.72. The van der Waals surface area contributed by atoms with Crippen LogP contribution in [0, 0.1) is 0 Å². The monoisotopic (exact) mass is 265 g/mol. The summed E-state index contributed by atoms with van der Waals surface area (Å²) in [5, 5.41) is 10.9. The summed E-state index contributed by atoms with van der Waals surface area (Å²) in [6, 6.07) is 7.49. The second kappa shape index (κ2) is 5.27. The van der Waals surface area contributed by atoms with Crippen LogP contribution in [-0.2, 0) is 6.54 Å². The summed E-state index contributed by atoms with van der Waals surface area (Å²) in [5.41, 5.74) is 0. The SMILES string of the molecule is CC(C)N(Cc1cccs1)c1ccc(C(=O)O)o1. The van der Waals surface area contributed by atoms with E-state index >= 15 is 0 Å². The molecular weight excluding hydrogens is 250 g/mol. The van der Waals surface area contributed by atoms with Crippen LogP contribution in [0.15, 0.2) is 34.1 Å². The number of thiophene rings is 1. The number of carboxylic acids is 1. The van der Waals surface area contributed by atoms with Crippen LogP contribution in [0.25, 0.3) is 0 Å². The minimum Gasteiger partial charge on any atom is -0.475 e. The van der Waals surface area contributed by atoms with Gasteiger partial charge in [0, 0.05) is 17.0 Å². The zero-order valence-electron chi connectivity index (χ0n) is 10.3. The molecule has 1 N–H and O–H groups in total. The molecule has 2 aromatic heterocycles. The number of carbonyl (C=O) groups is 1. The van der Waals surface area contributed by atoms with Crippen molar-refractivity contribution in [3.8, 4) is 0 Å². The minimum atomic E-state index is -1.04. The standard InChI is InChI=1S/C13H15NO3S/c1-9(2)14(8-10-4-3-7-18-10)12-6-5-11(17-12)13(15)16/h3-7,9H,8H2,1-2H3,(H,15,16). The van der Waals surface area contributed by atoms with Gasteiger partial charge in [-0.2, -0.15) is 0 Å². The molecule has 5 heteroatoms. The van der Waals surface area contributed by atoms with Crippen LogP contribution in [0.3, 0.4) is 0 Å². The fraction of sp³-hybridized carbons (Fsp3) is 0.308. The van der Waals surface area contributed by atoms with E-state index in [9.17, 15) is 4.79 Å². The highest BCUT2D eigenvalue weighted by molar-refractivity contribution is 7.09. The lowest BCUT2D eigenvalue weighted by molar-refractivity contribution is 0.0663. The Morgan fingerprint density at radius 1 is 1.44 bits per heavy atom. The van der Waals surface area contributed by atoms with Gasteiger partial charge in [0.1, 0.15) is 0 Å². The lowest BCUT2D eigenvalue weighted by Gasteiger charge is -2.25. The Hall–Kier alpha value is -1.75. The topological polar surface area (TPSA) is 53.7 Å². The Bertz CT molecular complexity index is 516. The van der Waals surface area contributed by atoms with Gasteiger partial charge in [0.2, 0.25) is 5.76 Å². The molecule has 0 unspecified atom stereocenters. The quantitative estimate of drug-likeness (QED) is 0.899. The maximum absolute atomic E-state index is 10.8. The van der Waals surface area contributed by atoms with Gasteiger partial charge in [0.15, 0.2) is 5.88 Å². The maximum Gasteiger partial charge on any atom is 0.371 e. The Morgan fingerprint density at radius 3 is 2.72 bits per heavy atom. The predicted octanol–water partition coefficient (Wildman–Crippen LogP) is 3.45. The molecule has 0 aliphatic heterocycles. The molecule has 2 heterocycles. The van der Waals surface area contributed by atoms with Gasteiger partial charge < -0.3 is 14.4 Å². The summed E-state index contributed by atoms with van der Waals surface area (Å²) in [6.45, 7) is 4.83. The van der Waals surface area contributed by atoms with Crippen LogP contribution >= 0.6 is 11.3 Å². The van der Waals surface area contributed by atoms with Crippen molar-refractivity contribution in [1.29, 1.82) is 0 Å². The zero-order chi connectivity index (χ0) is 13.1. The highest BCUT2D eigenvalue weighted by Gasteiger charge is 2.17. The number of aromatic carboxylic acids is 1. The van der Waals surface area contributed by atoms with Gasteiger partial charge in [0.25, 0.3) is 0 Å². The number of carboxylic acid groups (broad SMARTS) is 1. The van der Waals surface area contributed by atoms with Gasteiger partial charge in [-0.05, 0) is 31.4 Å². The molecule has 2 rings (SSSR count). The van der Waals surface area contributed by atoms with E-state index in [4.69, 9.17) is 9.52 Å².